The van der Waals surface area contributed by atoms with E-state index in [9.17, 15) is 9.90 Å². The fourth-order valence-electron chi connectivity index (χ4n) is 2.40. The van der Waals surface area contributed by atoms with E-state index in [0.29, 0.717) is 12.0 Å². The van der Waals surface area contributed by atoms with Crippen molar-refractivity contribution in [2.45, 2.75) is 26.9 Å². The summed E-state index contributed by atoms with van der Waals surface area (Å²) in [5.41, 5.74) is 4.33. The van der Waals surface area contributed by atoms with Crippen LogP contribution in [0.3, 0.4) is 0 Å². The summed E-state index contributed by atoms with van der Waals surface area (Å²) in [6.45, 7) is 5.78. The van der Waals surface area contributed by atoms with E-state index in [2.05, 4.69) is 4.98 Å². The molecule has 1 unspecified atom stereocenters. The molecule has 4 heteroatoms. The number of aryl methyl sites for hydroxylation is 2. The molecule has 0 aliphatic heterocycles. The second kappa shape index (κ2) is 7.00. The van der Waals surface area contributed by atoms with Crippen LogP contribution in [0.5, 0.6) is 0 Å². The Labute approximate surface area is 130 Å². The summed E-state index contributed by atoms with van der Waals surface area (Å²) in [7, 11) is 0. The van der Waals surface area contributed by atoms with Gasteiger partial charge in [-0.3, -0.25) is 9.78 Å². The molecule has 22 heavy (non-hydrogen) atoms. The van der Waals surface area contributed by atoms with Crippen LogP contribution in [-0.2, 0) is 9.53 Å². The Hall–Kier alpha value is -2.46. The van der Waals surface area contributed by atoms with Gasteiger partial charge in [-0.2, -0.15) is 0 Å². The molecule has 0 saturated heterocycles. The monoisotopic (exact) mass is 297 g/mol. The highest BCUT2D eigenvalue weighted by atomic mass is 16.5. The van der Waals surface area contributed by atoms with Crippen LogP contribution in [0, 0.1) is 13.8 Å². The highest BCUT2D eigenvalue weighted by Crippen LogP contribution is 2.31. The van der Waals surface area contributed by atoms with Crippen molar-refractivity contribution in [1.29, 1.82) is 0 Å². The predicted octanol–water partition coefficient (Wildman–Crippen LogP) is 3.01. The standard InChI is InChI=1S/C18H19NO3/c1-12-6-4-5-7-16(12)17(18(14(3)21)22-11-20)15-8-9-19-13(2)10-15/h4-11,14,21H,1-3H3/b18-17-. The topological polar surface area (TPSA) is 59.4 Å². The molecule has 4 nitrogen and oxygen atoms in total. The number of aliphatic hydroxyl groups is 1. The van der Waals surface area contributed by atoms with Crippen LogP contribution in [0.15, 0.2) is 48.4 Å². The quantitative estimate of drug-likeness (QED) is 0.681. The number of aliphatic hydroxyl groups excluding tert-OH is 1. The van der Waals surface area contributed by atoms with Gasteiger partial charge in [0.2, 0.25) is 0 Å². The lowest BCUT2D eigenvalue weighted by Crippen LogP contribution is -2.12. The molecule has 0 amide bonds. The van der Waals surface area contributed by atoms with Crippen molar-refractivity contribution in [3.05, 3.63) is 70.7 Å². The number of ether oxygens (including phenoxy) is 1. The highest BCUT2D eigenvalue weighted by Gasteiger charge is 2.19. The van der Waals surface area contributed by atoms with Gasteiger partial charge >= 0.3 is 0 Å². The van der Waals surface area contributed by atoms with Crippen LogP contribution in [0.1, 0.15) is 29.3 Å². The number of carbonyl (C=O) groups excluding carboxylic acids is 1. The van der Waals surface area contributed by atoms with Crippen LogP contribution in [-0.4, -0.2) is 22.7 Å². The van der Waals surface area contributed by atoms with Gasteiger partial charge in [0.05, 0.1) is 0 Å². The molecule has 0 aliphatic carbocycles. The first-order valence-electron chi connectivity index (χ1n) is 7.06. The Morgan fingerprint density at radius 2 is 2.00 bits per heavy atom. The van der Waals surface area contributed by atoms with E-state index in [0.717, 1.165) is 22.4 Å². The van der Waals surface area contributed by atoms with Crippen molar-refractivity contribution in [2.75, 3.05) is 0 Å². The number of aromatic nitrogens is 1. The first kappa shape index (κ1) is 15.9. The van der Waals surface area contributed by atoms with E-state index >= 15 is 0 Å². The van der Waals surface area contributed by atoms with Gasteiger partial charge in [0, 0.05) is 17.5 Å². The summed E-state index contributed by atoms with van der Waals surface area (Å²) >= 11 is 0. The number of pyridine rings is 1. The molecule has 0 bridgehead atoms. The Balaban J connectivity index is 2.77. The molecule has 1 atom stereocenters. The van der Waals surface area contributed by atoms with Gasteiger partial charge in [-0.05, 0) is 49.6 Å². The Bertz CT molecular complexity index is 705. The van der Waals surface area contributed by atoms with E-state index in [1.54, 1.807) is 13.1 Å². The molecular weight excluding hydrogens is 278 g/mol. The predicted molar refractivity (Wildman–Crippen MR) is 85.0 cm³/mol. The fourth-order valence-corrected chi connectivity index (χ4v) is 2.40. The van der Waals surface area contributed by atoms with Crippen LogP contribution in [0.25, 0.3) is 5.57 Å². The number of hydrogen-bond acceptors (Lipinski definition) is 4. The molecule has 2 rings (SSSR count). The van der Waals surface area contributed by atoms with Crippen LogP contribution < -0.4 is 0 Å². The minimum Gasteiger partial charge on any atom is -0.430 e. The zero-order chi connectivity index (χ0) is 16.1. The number of rotatable bonds is 5. The molecule has 114 valence electrons. The van der Waals surface area contributed by atoms with Crippen LogP contribution in [0.2, 0.25) is 0 Å². The first-order valence-corrected chi connectivity index (χ1v) is 7.06. The van der Waals surface area contributed by atoms with Crippen molar-refractivity contribution in [2.24, 2.45) is 0 Å². The van der Waals surface area contributed by atoms with E-state index in [1.165, 1.54) is 0 Å². The maximum atomic E-state index is 10.9. The molecular formula is C18H19NO3. The third kappa shape index (κ3) is 3.40. The van der Waals surface area contributed by atoms with Crippen molar-refractivity contribution in [1.82, 2.24) is 4.98 Å². The maximum Gasteiger partial charge on any atom is 0.298 e. The summed E-state index contributed by atoms with van der Waals surface area (Å²) < 4.78 is 5.10. The number of hydrogen-bond donors (Lipinski definition) is 1. The Morgan fingerprint density at radius 1 is 1.27 bits per heavy atom. The zero-order valence-electron chi connectivity index (χ0n) is 12.9. The van der Waals surface area contributed by atoms with Crippen LogP contribution in [0.4, 0.5) is 0 Å². The SMILES string of the molecule is Cc1cc(/C(=C(/OC=O)C(C)O)c2ccccc2C)ccn1. The minimum atomic E-state index is -0.909. The van der Waals surface area contributed by atoms with E-state index in [4.69, 9.17) is 4.74 Å². The van der Waals surface area contributed by atoms with Gasteiger partial charge in [-0.1, -0.05) is 24.3 Å². The van der Waals surface area contributed by atoms with Gasteiger partial charge in [-0.15, -0.1) is 0 Å². The number of benzene rings is 1. The average Bonchev–Trinajstić information content (AvgIpc) is 2.48. The van der Waals surface area contributed by atoms with Gasteiger partial charge < -0.3 is 9.84 Å². The average molecular weight is 297 g/mol. The molecule has 2 aromatic rings. The Kier molecular flexibility index (Phi) is 5.07. The molecule has 1 aromatic carbocycles. The third-order valence-electron chi connectivity index (χ3n) is 3.40. The van der Waals surface area contributed by atoms with Crippen molar-refractivity contribution in [3.8, 4) is 0 Å². The summed E-state index contributed by atoms with van der Waals surface area (Å²) in [4.78, 5) is 15.1. The normalized spacial score (nSPS) is 13.3. The van der Waals surface area contributed by atoms with Gasteiger partial charge in [0.15, 0.2) is 0 Å². The lowest BCUT2D eigenvalue weighted by molar-refractivity contribution is -0.126. The molecule has 1 aromatic heterocycles. The van der Waals surface area contributed by atoms with Crippen molar-refractivity contribution >= 4 is 12.0 Å². The van der Waals surface area contributed by atoms with Gasteiger partial charge in [0.1, 0.15) is 11.9 Å². The molecule has 0 saturated carbocycles. The Morgan fingerprint density at radius 3 is 2.59 bits per heavy atom. The van der Waals surface area contributed by atoms with E-state index in [1.807, 2.05) is 50.2 Å². The summed E-state index contributed by atoms with van der Waals surface area (Å²) in [5.74, 6) is 0.231. The highest BCUT2D eigenvalue weighted by molar-refractivity contribution is 5.83. The fraction of sp³-hybridized carbons (Fsp3) is 0.222. The maximum absolute atomic E-state index is 10.9. The molecule has 1 heterocycles. The summed E-state index contributed by atoms with van der Waals surface area (Å²) in [5, 5.41) is 10.0. The second-order valence-electron chi connectivity index (χ2n) is 5.13. The lowest BCUT2D eigenvalue weighted by atomic mass is 9.92. The summed E-state index contributed by atoms with van der Waals surface area (Å²) in [6, 6.07) is 11.5. The molecule has 0 spiro atoms. The van der Waals surface area contributed by atoms with Crippen molar-refractivity contribution < 1.29 is 14.6 Å². The van der Waals surface area contributed by atoms with Crippen LogP contribution >= 0.6 is 0 Å². The van der Waals surface area contributed by atoms with Gasteiger partial charge in [0.25, 0.3) is 6.47 Å². The first-order chi connectivity index (χ1) is 10.5. The smallest absolute Gasteiger partial charge is 0.298 e. The molecule has 0 aliphatic rings. The third-order valence-corrected chi connectivity index (χ3v) is 3.40. The minimum absolute atomic E-state index is 0.231. The number of carbonyl (C=O) groups is 1. The van der Waals surface area contributed by atoms with E-state index < -0.39 is 6.10 Å². The van der Waals surface area contributed by atoms with E-state index in [-0.39, 0.29) is 5.76 Å². The molecule has 0 radical (unpaired) electrons. The lowest BCUT2D eigenvalue weighted by Gasteiger charge is -2.18. The zero-order valence-corrected chi connectivity index (χ0v) is 12.9. The number of nitrogens with zero attached hydrogens (tertiary/aromatic N) is 1. The van der Waals surface area contributed by atoms with Gasteiger partial charge in [-0.25, -0.2) is 0 Å². The largest absolute Gasteiger partial charge is 0.430 e. The molecule has 1 N–H and O–H groups in total. The molecule has 0 fully saturated rings. The van der Waals surface area contributed by atoms with Crippen molar-refractivity contribution in [3.63, 3.8) is 0 Å². The summed E-state index contributed by atoms with van der Waals surface area (Å²) in [6.07, 6.45) is 0.789. The second-order valence-corrected chi connectivity index (χ2v) is 5.13.